The van der Waals surface area contributed by atoms with Gasteiger partial charge in [0.25, 0.3) is 0 Å². The standard InChI is InChI=1S/C25H30O5/c1-15-5-6-17-18-7-10-24(3)21(8-11-25(24,28)12-9-23(27)29-4)19(18)14-22(20(17)13-15)30-16(2)26/h5-6,13,18-19,21-22,28H,7-8,10-11,14H2,1-4H3/t18-,19-,21+,22-,24+,25-/m1/s1. The molecule has 5 heteroatoms. The van der Waals surface area contributed by atoms with Crippen LogP contribution in [0, 0.1) is 36.0 Å². The highest BCUT2D eigenvalue weighted by Gasteiger charge is 2.62. The lowest BCUT2D eigenvalue weighted by atomic mass is 9.53. The van der Waals surface area contributed by atoms with E-state index in [1.807, 2.05) is 0 Å². The van der Waals surface area contributed by atoms with E-state index in [2.05, 4.69) is 48.6 Å². The monoisotopic (exact) mass is 410 g/mol. The van der Waals surface area contributed by atoms with E-state index in [0.717, 1.165) is 31.2 Å². The third kappa shape index (κ3) is 3.22. The molecule has 30 heavy (non-hydrogen) atoms. The summed E-state index contributed by atoms with van der Waals surface area (Å²) in [5.41, 5.74) is 1.97. The van der Waals surface area contributed by atoms with Crippen LogP contribution in [0.25, 0.3) is 0 Å². The van der Waals surface area contributed by atoms with Gasteiger partial charge in [0, 0.05) is 18.3 Å². The van der Waals surface area contributed by atoms with Crippen LogP contribution in [0.5, 0.6) is 0 Å². The lowest BCUT2D eigenvalue weighted by molar-refractivity contribution is -0.150. The van der Waals surface area contributed by atoms with Crippen LogP contribution in [0.15, 0.2) is 18.2 Å². The topological polar surface area (TPSA) is 72.8 Å². The molecule has 0 amide bonds. The second kappa shape index (κ2) is 7.42. The summed E-state index contributed by atoms with van der Waals surface area (Å²) in [5.74, 6) is 5.38. The molecule has 6 atom stereocenters. The first-order valence-corrected chi connectivity index (χ1v) is 10.8. The van der Waals surface area contributed by atoms with Crippen molar-refractivity contribution in [2.24, 2.45) is 17.3 Å². The van der Waals surface area contributed by atoms with Gasteiger partial charge in [-0.3, -0.25) is 4.79 Å². The number of aliphatic hydroxyl groups is 1. The molecule has 1 aromatic rings. The number of carbonyl (C=O) groups excluding carboxylic acids is 2. The summed E-state index contributed by atoms with van der Waals surface area (Å²) < 4.78 is 10.4. The molecule has 0 bridgehead atoms. The average molecular weight is 411 g/mol. The van der Waals surface area contributed by atoms with Crippen LogP contribution in [0.3, 0.4) is 0 Å². The largest absolute Gasteiger partial charge is 0.459 e. The first-order valence-electron chi connectivity index (χ1n) is 10.8. The lowest BCUT2D eigenvalue weighted by Crippen LogP contribution is -2.50. The summed E-state index contributed by atoms with van der Waals surface area (Å²) in [5, 5.41) is 11.5. The van der Waals surface area contributed by atoms with E-state index in [-0.39, 0.29) is 18.0 Å². The van der Waals surface area contributed by atoms with Crippen molar-refractivity contribution in [2.75, 3.05) is 7.11 Å². The Morgan fingerprint density at radius 1 is 1.20 bits per heavy atom. The first-order chi connectivity index (χ1) is 14.2. The summed E-state index contributed by atoms with van der Waals surface area (Å²) >= 11 is 0. The van der Waals surface area contributed by atoms with E-state index in [9.17, 15) is 14.7 Å². The fourth-order valence-electron chi connectivity index (χ4n) is 6.43. The Morgan fingerprint density at radius 2 is 1.97 bits per heavy atom. The number of ether oxygens (including phenoxy) is 2. The molecule has 160 valence electrons. The molecule has 0 saturated heterocycles. The van der Waals surface area contributed by atoms with Gasteiger partial charge in [-0.15, -0.1) is 0 Å². The predicted octanol–water partition coefficient (Wildman–Crippen LogP) is 3.82. The van der Waals surface area contributed by atoms with Crippen molar-refractivity contribution in [3.05, 3.63) is 34.9 Å². The molecule has 0 radical (unpaired) electrons. The molecular weight excluding hydrogens is 380 g/mol. The minimum atomic E-state index is -1.21. The number of hydrogen-bond acceptors (Lipinski definition) is 5. The van der Waals surface area contributed by atoms with E-state index in [0.29, 0.717) is 18.3 Å². The molecule has 0 heterocycles. The maximum atomic E-state index is 11.8. The molecule has 0 aromatic heterocycles. The third-order valence-corrected chi connectivity index (χ3v) is 7.93. The van der Waals surface area contributed by atoms with Gasteiger partial charge < -0.3 is 14.6 Å². The van der Waals surface area contributed by atoms with Gasteiger partial charge in [-0.25, -0.2) is 4.79 Å². The Hall–Kier alpha value is -2.32. The minimum Gasteiger partial charge on any atom is -0.459 e. The normalized spacial score (nSPS) is 36.4. The van der Waals surface area contributed by atoms with Crippen LogP contribution in [-0.4, -0.2) is 29.8 Å². The summed E-state index contributed by atoms with van der Waals surface area (Å²) in [7, 11) is 1.29. The number of carbonyl (C=O) groups is 2. The number of aryl methyl sites for hydroxylation is 1. The highest BCUT2D eigenvalue weighted by molar-refractivity contribution is 5.88. The van der Waals surface area contributed by atoms with Gasteiger partial charge >= 0.3 is 11.9 Å². The fourth-order valence-corrected chi connectivity index (χ4v) is 6.43. The van der Waals surface area contributed by atoms with Crippen LogP contribution in [-0.2, 0) is 19.1 Å². The smallest absolute Gasteiger partial charge is 0.384 e. The van der Waals surface area contributed by atoms with Crippen molar-refractivity contribution in [3.63, 3.8) is 0 Å². The fraction of sp³-hybridized carbons (Fsp3) is 0.600. The van der Waals surface area contributed by atoms with E-state index < -0.39 is 17.0 Å². The van der Waals surface area contributed by atoms with Crippen molar-refractivity contribution in [3.8, 4) is 11.8 Å². The number of fused-ring (bicyclic) bond motifs is 5. The molecule has 0 spiro atoms. The molecule has 5 nitrogen and oxygen atoms in total. The molecule has 2 fully saturated rings. The highest BCUT2D eigenvalue weighted by Crippen LogP contribution is 2.65. The van der Waals surface area contributed by atoms with Gasteiger partial charge in [0.1, 0.15) is 11.7 Å². The van der Waals surface area contributed by atoms with E-state index in [4.69, 9.17) is 4.74 Å². The molecule has 1 aromatic carbocycles. The zero-order valence-electron chi connectivity index (χ0n) is 18.2. The van der Waals surface area contributed by atoms with Crippen LogP contribution in [0.1, 0.15) is 74.7 Å². The lowest BCUT2D eigenvalue weighted by Gasteiger charge is -2.53. The number of esters is 2. The van der Waals surface area contributed by atoms with Gasteiger partial charge in [0.2, 0.25) is 0 Å². The van der Waals surface area contributed by atoms with Gasteiger partial charge in [0.05, 0.1) is 7.11 Å². The summed E-state index contributed by atoms with van der Waals surface area (Å²) in [6, 6.07) is 6.48. The van der Waals surface area contributed by atoms with Crippen molar-refractivity contribution in [1.82, 2.24) is 0 Å². The van der Waals surface area contributed by atoms with E-state index >= 15 is 0 Å². The Morgan fingerprint density at radius 3 is 2.67 bits per heavy atom. The summed E-state index contributed by atoms with van der Waals surface area (Å²) in [4.78, 5) is 23.4. The number of hydrogen-bond donors (Lipinski definition) is 1. The zero-order valence-corrected chi connectivity index (χ0v) is 18.2. The SMILES string of the molecule is COC(=O)C#C[C@]1(O)CC[C@H]2[C@@H]3C[C@@H](OC(C)=O)c4cc(C)ccc4[C@H]3CC[C@@]21C. The molecule has 4 rings (SSSR count). The van der Waals surface area contributed by atoms with Gasteiger partial charge in [-0.2, -0.15) is 0 Å². The quantitative estimate of drug-likeness (QED) is 0.433. The van der Waals surface area contributed by atoms with Crippen LogP contribution in [0.4, 0.5) is 0 Å². The zero-order chi connectivity index (χ0) is 21.7. The van der Waals surface area contributed by atoms with Crippen molar-refractivity contribution < 1.29 is 24.2 Å². The van der Waals surface area contributed by atoms with Crippen LogP contribution in [0.2, 0.25) is 0 Å². The molecule has 1 N–H and O–H groups in total. The molecule has 3 aliphatic carbocycles. The van der Waals surface area contributed by atoms with E-state index in [1.165, 1.54) is 25.2 Å². The summed E-state index contributed by atoms with van der Waals surface area (Å²) in [6.07, 6.45) is 3.69. The van der Waals surface area contributed by atoms with Gasteiger partial charge in [-0.1, -0.05) is 36.6 Å². The van der Waals surface area contributed by atoms with Crippen LogP contribution < -0.4 is 0 Å². The number of methoxy groups -OCH3 is 1. The maximum absolute atomic E-state index is 11.8. The molecule has 2 saturated carbocycles. The van der Waals surface area contributed by atoms with E-state index in [1.54, 1.807) is 0 Å². The van der Waals surface area contributed by atoms with Gasteiger partial charge in [-0.05, 0) is 67.9 Å². The summed E-state index contributed by atoms with van der Waals surface area (Å²) in [6.45, 7) is 5.63. The Bertz CT molecular complexity index is 941. The van der Waals surface area contributed by atoms with Crippen molar-refractivity contribution in [1.29, 1.82) is 0 Å². The predicted molar refractivity (Wildman–Crippen MR) is 111 cm³/mol. The molecule has 0 aliphatic heterocycles. The van der Waals surface area contributed by atoms with Crippen molar-refractivity contribution in [2.45, 2.75) is 70.5 Å². The molecule has 0 unspecified atom stereocenters. The maximum Gasteiger partial charge on any atom is 0.384 e. The third-order valence-electron chi connectivity index (χ3n) is 7.93. The Kier molecular flexibility index (Phi) is 5.18. The number of rotatable bonds is 1. The highest BCUT2D eigenvalue weighted by atomic mass is 16.5. The minimum absolute atomic E-state index is 0.251. The molecular formula is C25H30O5. The van der Waals surface area contributed by atoms with Crippen LogP contribution >= 0.6 is 0 Å². The second-order valence-electron chi connectivity index (χ2n) is 9.44. The molecule has 3 aliphatic rings. The van der Waals surface area contributed by atoms with Crippen molar-refractivity contribution >= 4 is 11.9 Å². The first kappa shape index (κ1) is 20.9. The van der Waals surface area contributed by atoms with Gasteiger partial charge in [0.15, 0.2) is 0 Å². The average Bonchev–Trinajstić information content (AvgIpc) is 2.97. The second-order valence-corrected chi connectivity index (χ2v) is 9.44. The Labute approximate surface area is 178 Å². The number of benzene rings is 1. The Balaban J connectivity index is 1.71.